The molecule has 0 fully saturated rings. The van der Waals surface area contributed by atoms with Gasteiger partial charge in [-0.15, -0.1) is 4.91 Å². The summed E-state index contributed by atoms with van der Waals surface area (Å²) in [5, 5.41) is 20.8. The van der Waals surface area contributed by atoms with E-state index >= 15 is 0 Å². The molecule has 0 aromatic heterocycles. The maximum Gasteiger partial charge on any atom is 0.335 e. The first kappa shape index (κ1) is 11.8. The zero-order valence-corrected chi connectivity index (χ0v) is 9.20. The molecule has 2 aromatic carbocycles. The highest BCUT2D eigenvalue weighted by Gasteiger charge is 2.06. The fourth-order valence-corrected chi connectivity index (χ4v) is 1.58. The van der Waals surface area contributed by atoms with Crippen molar-refractivity contribution in [1.29, 1.82) is 0 Å². The van der Waals surface area contributed by atoms with Gasteiger partial charge in [-0.1, -0.05) is 18.2 Å². The van der Waals surface area contributed by atoms with Gasteiger partial charge in [-0.25, -0.2) is 4.79 Å². The summed E-state index contributed by atoms with van der Waals surface area (Å²) in [4.78, 5) is 21.2. The zero-order chi connectivity index (χ0) is 13.1. The summed E-state index contributed by atoms with van der Waals surface area (Å²) in [5.74, 6) is -1.18. The number of phenolic OH excluding ortho intramolecular Hbond substituents is 1. The lowest BCUT2D eigenvalue weighted by Gasteiger charge is -2.04. The number of carbonyl (C=O) groups is 1. The molecule has 0 saturated heterocycles. The smallest absolute Gasteiger partial charge is 0.335 e. The van der Waals surface area contributed by atoms with Crippen molar-refractivity contribution in [2.75, 3.05) is 0 Å². The first-order valence-electron chi connectivity index (χ1n) is 5.12. The molecule has 0 bridgehead atoms. The molecule has 5 heteroatoms. The van der Waals surface area contributed by atoms with Gasteiger partial charge in [-0.2, -0.15) is 0 Å². The van der Waals surface area contributed by atoms with Crippen molar-refractivity contribution in [3.8, 4) is 16.9 Å². The van der Waals surface area contributed by atoms with Gasteiger partial charge in [0.1, 0.15) is 11.4 Å². The molecule has 0 atom stereocenters. The number of benzene rings is 2. The van der Waals surface area contributed by atoms with E-state index in [0.717, 1.165) is 5.56 Å². The Morgan fingerprint density at radius 2 is 1.61 bits per heavy atom. The fraction of sp³-hybridized carbons (Fsp3) is 0. The third-order valence-corrected chi connectivity index (χ3v) is 2.54. The van der Waals surface area contributed by atoms with E-state index in [1.165, 1.54) is 24.3 Å². The van der Waals surface area contributed by atoms with Gasteiger partial charge in [0.15, 0.2) is 0 Å². The number of nitrogens with zero attached hydrogens (tertiary/aromatic N) is 1. The molecule has 0 spiro atoms. The van der Waals surface area contributed by atoms with Gasteiger partial charge in [0, 0.05) is 0 Å². The average molecular weight is 243 g/mol. The standard InChI is InChI=1S/C13H9NO4/c15-12-6-5-10(7-11(12)14-18)8-1-3-9(4-2-8)13(16)17/h1-7,15H,(H,16,17). The van der Waals surface area contributed by atoms with Crippen LogP contribution in [0.4, 0.5) is 5.69 Å². The van der Waals surface area contributed by atoms with Gasteiger partial charge in [0.2, 0.25) is 0 Å². The number of carboxylic acid groups (broad SMARTS) is 1. The summed E-state index contributed by atoms with van der Waals surface area (Å²) in [6, 6.07) is 10.6. The van der Waals surface area contributed by atoms with Crippen LogP contribution in [-0.2, 0) is 0 Å². The Morgan fingerprint density at radius 1 is 1.00 bits per heavy atom. The molecular weight excluding hydrogens is 234 g/mol. The first-order chi connectivity index (χ1) is 8.61. The minimum absolute atomic E-state index is 0.0465. The molecule has 0 amide bonds. The predicted molar refractivity (Wildman–Crippen MR) is 66.0 cm³/mol. The highest BCUT2D eigenvalue weighted by atomic mass is 16.4. The summed E-state index contributed by atoms with van der Waals surface area (Å²) in [5.41, 5.74) is 1.56. The molecule has 5 nitrogen and oxygen atoms in total. The van der Waals surface area contributed by atoms with E-state index in [0.29, 0.717) is 5.56 Å². The molecular formula is C13H9NO4. The van der Waals surface area contributed by atoms with Crippen molar-refractivity contribution in [2.45, 2.75) is 0 Å². The summed E-state index contributed by atoms with van der Waals surface area (Å²) < 4.78 is 0. The van der Waals surface area contributed by atoms with E-state index in [1.807, 2.05) is 0 Å². The minimum Gasteiger partial charge on any atom is -0.506 e. The van der Waals surface area contributed by atoms with Gasteiger partial charge in [0.05, 0.1) is 5.56 Å². The SMILES string of the molecule is O=Nc1cc(-c2ccc(C(=O)O)cc2)ccc1O. The van der Waals surface area contributed by atoms with E-state index in [-0.39, 0.29) is 17.0 Å². The van der Waals surface area contributed by atoms with Crippen molar-refractivity contribution >= 4 is 11.7 Å². The Bertz CT molecular complexity index is 605. The van der Waals surface area contributed by atoms with Crippen LogP contribution in [-0.4, -0.2) is 16.2 Å². The number of carboxylic acids is 1. The van der Waals surface area contributed by atoms with Gasteiger partial charge in [-0.3, -0.25) is 0 Å². The van der Waals surface area contributed by atoms with Gasteiger partial charge in [-0.05, 0) is 40.6 Å². The number of rotatable bonds is 3. The van der Waals surface area contributed by atoms with E-state index < -0.39 is 5.97 Å². The largest absolute Gasteiger partial charge is 0.506 e. The van der Waals surface area contributed by atoms with Crippen molar-refractivity contribution < 1.29 is 15.0 Å². The van der Waals surface area contributed by atoms with E-state index in [1.54, 1.807) is 18.2 Å². The van der Waals surface area contributed by atoms with Crippen molar-refractivity contribution in [1.82, 2.24) is 0 Å². The Hall–Kier alpha value is -2.69. The van der Waals surface area contributed by atoms with E-state index in [9.17, 15) is 14.8 Å². The van der Waals surface area contributed by atoms with Gasteiger partial charge < -0.3 is 10.2 Å². The van der Waals surface area contributed by atoms with Crippen molar-refractivity contribution in [3.05, 3.63) is 52.9 Å². The Kier molecular flexibility index (Phi) is 3.05. The van der Waals surface area contributed by atoms with E-state index in [4.69, 9.17) is 5.11 Å². The lowest BCUT2D eigenvalue weighted by molar-refractivity contribution is 0.0697. The lowest BCUT2D eigenvalue weighted by atomic mass is 10.0. The maximum absolute atomic E-state index is 10.7. The number of nitroso groups, excluding NO2 is 1. The highest BCUT2D eigenvalue weighted by molar-refractivity contribution is 5.88. The van der Waals surface area contributed by atoms with Crippen LogP contribution in [0.25, 0.3) is 11.1 Å². The predicted octanol–water partition coefficient (Wildman–Crippen LogP) is 3.16. The summed E-state index contributed by atoms with van der Waals surface area (Å²) >= 11 is 0. The number of hydrogen-bond donors (Lipinski definition) is 2. The molecule has 0 aliphatic rings. The summed E-state index contributed by atoms with van der Waals surface area (Å²) in [6.07, 6.45) is 0. The van der Waals surface area contributed by atoms with Gasteiger partial charge >= 0.3 is 5.97 Å². The zero-order valence-electron chi connectivity index (χ0n) is 9.20. The fourth-order valence-electron chi connectivity index (χ4n) is 1.58. The minimum atomic E-state index is -0.998. The highest BCUT2D eigenvalue weighted by Crippen LogP contribution is 2.31. The molecule has 2 rings (SSSR count). The Morgan fingerprint density at radius 3 is 2.17 bits per heavy atom. The molecule has 2 aromatic rings. The second kappa shape index (κ2) is 4.67. The number of phenols is 1. The second-order valence-electron chi connectivity index (χ2n) is 3.68. The quantitative estimate of drug-likeness (QED) is 0.810. The van der Waals surface area contributed by atoms with Crippen LogP contribution in [0.15, 0.2) is 47.6 Å². The molecule has 18 heavy (non-hydrogen) atoms. The molecule has 0 heterocycles. The van der Waals surface area contributed by atoms with Crippen LogP contribution in [0.2, 0.25) is 0 Å². The molecule has 0 radical (unpaired) electrons. The van der Waals surface area contributed by atoms with Crippen LogP contribution >= 0.6 is 0 Å². The number of aromatic carboxylic acids is 1. The second-order valence-corrected chi connectivity index (χ2v) is 3.68. The normalized spacial score (nSPS) is 10.0. The van der Waals surface area contributed by atoms with Crippen LogP contribution in [0.1, 0.15) is 10.4 Å². The molecule has 2 N–H and O–H groups in total. The average Bonchev–Trinajstić information content (AvgIpc) is 2.39. The number of aromatic hydroxyl groups is 1. The molecule has 0 aliphatic heterocycles. The first-order valence-corrected chi connectivity index (χ1v) is 5.12. The van der Waals surface area contributed by atoms with Gasteiger partial charge in [0.25, 0.3) is 0 Å². The van der Waals surface area contributed by atoms with Crippen LogP contribution < -0.4 is 0 Å². The topological polar surface area (TPSA) is 87.0 Å². The third kappa shape index (κ3) is 2.20. The van der Waals surface area contributed by atoms with Crippen LogP contribution in [0.5, 0.6) is 5.75 Å². The molecule has 0 unspecified atom stereocenters. The molecule has 90 valence electrons. The Labute approximate surface area is 102 Å². The lowest BCUT2D eigenvalue weighted by Crippen LogP contribution is -1.94. The third-order valence-electron chi connectivity index (χ3n) is 2.54. The Balaban J connectivity index is 2.42. The van der Waals surface area contributed by atoms with Crippen molar-refractivity contribution in [2.24, 2.45) is 5.18 Å². The van der Waals surface area contributed by atoms with Crippen LogP contribution in [0.3, 0.4) is 0 Å². The van der Waals surface area contributed by atoms with Crippen LogP contribution in [0, 0.1) is 4.91 Å². The monoisotopic (exact) mass is 243 g/mol. The van der Waals surface area contributed by atoms with E-state index in [2.05, 4.69) is 5.18 Å². The summed E-state index contributed by atoms with van der Waals surface area (Å²) in [6.45, 7) is 0. The maximum atomic E-state index is 10.7. The number of hydrogen-bond acceptors (Lipinski definition) is 4. The molecule has 0 aliphatic carbocycles. The summed E-state index contributed by atoms with van der Waals surface area (Å²) in [7, 11) is 0. The van der Waals surface area contributed by atoms with Crippen molar-refractivity contribution in [3.63, 3.8) is 0 Å². The molecule has 0 saturated carbocycles.